The zero-order chi connectivity index (χ0) is 26.2. The summed E-state index contributed by atoms with van der Waals surface area (Å²) in [6, 6.07) is 53.7. The molecular formula is C40H24. The molecule has 0 radical (unpaired) electrons. The van der Waals surface area contributed by atoms with Gasteiger partial charge in [-0.3, -0.25) is 0 Å². The van der Waals surface area contributed by atoms with Gasteiger partial charge in [0.25, 0.3) is 0 Å². The molecule has 0 heterocycles. The lowest BCUT2D eigenvalue weighted by Gasteiger charge is -2.21. The Labute approximate surface area is 232 Å². The van der Waals surface area contributed by atoms with Crippen molar-refractivity contribution in [2.45, 2.75) is 0 Å². The van der Waals surface area contributed by atoms with Crippen LogP contribution in [-0.2, 0) is 0 Å². The van der Waals surface area contributed by atoms with Crippen LogP contribution in [0.1, 0.15) is 0 Å². The minimum Gasteiger partial charge on any atom is -0.0622 e. The van der Waals surface area contributed by atoms with Crippen molar-refractivity contribution in [1.82, 2.24) is 0 Å². The maximum Gasteiger partial charge on any atom is -0.00137 e. The average Bonchev–Trinajstić information content (AvgIpc) is 3.03. The zero-order valence-corrected chi connectivity index (χ0v) is 21.9. The number of hydrogen-bond acceptors (Lipinski definition) is 0. The minimum absolute atomic E-state index is 1.26. The molecule has 0 saturated carbocycles. The Balaban J connectivity index is 1.51. The molecule has 9 aromatic rings. The van der Waals surface area contributed by atoms with Gasteiger partial charge in [0.05, 0.1) is 0 Å². The maximum absolute atomic E-state index is 2.36. The molecule has 0 atom stereocenters. The highest BCUT2D eigenvalue weighted by Gasteiger charge is 2.20. The van der Waals surface area contributed by atoms with E-state index in [1.165, 1.54) is 86.9 Å². The fraction of sp³-hybridized carbons (Fsp3) is 0. The average molecular weight is 505 g/mol. The zero-order valence-electron chi connectivity index (χ0n) is 21.9. The fourth-order valence-corrected chi connectivity index (χ4v) is 7.10. The highest BCUT2D eigenvalue weighted by atomic mass is 14.2. The molecule has 0 aliphatic heterocycles. The van der Waals surface area contributed by atoms with E-state index in [4.69, 9.17) is 0 Å². The van der Waals surface area contributed by atoms with Crippen molar-refractivity contribution in [1.29, 1.82) is 0 Å². The molecule has 0 aromatic heterocycles. The molecule has 0 N–H and O–H groups in total. The molecule has 0 spiro atoms. The van der Waals surface area contributed by atoms with Gasteiger partial charge < -0.3 is 0 Å². The van der Waals surface area contributed by atoms with Gasteiger partial charge >= 0.3 is 0 Å². The van der Waals surface area contributed by atoms with Crippen LogP contribution in [0.2, 0.25) is 0 Å². The Morgan fingerprint density at radius 1 is 0.275 bits per heavy atom. The van der Waals surface area contributed by atoms with E-state index in [0.29, 0.717) is 0 Å². The lowest BCUT2D eigenvalue weighted by Crippen LogP contribution is -1.93. The molecule has 40 heavy (non-hydrogen) atoms. The van der Waals surface area contributed by atoms with Gasteiger partial charge in [0, 0.05) is 0 Å². The van der Waals surface area contributed by atoms with Crippen molar-refractivity contribution in [3.8, 4) is 22.3 Å². The summed E-state index contributed by atoms with van der Waals surface area (Å²) in [5, 5.41) is 15.8. The number of benzene rings is 9. The molecule has 9 rings (SSSR count). The van der Waals surface area contributed by atoms with E-state index < -0.39 is 0 Å². The van der Waals surface area contributed by atoms with Gasteiger partial charge in [-0.25, -0.2) is 0 Å². The summed E-state index contributed by atoms with van der Waals surface area (Å²) in [6.45, 7) is 0. The molecule has 0 aliphatic rings. The van der Waals surface area contributed by atoms with E-state index in [0.717, 1.165) is 0 Å². The molecule has 0 amide bonds. The van der Waals surface area contributed by atoms with Crippen LogP contribution in [0, 0.1) is 0 Å². The van der Waals surface area contributed by atoms with E-state index in [1.54, 1.807) is 0 Å². The first-order valence-corrected chi connectivity index (χ1v) is 14.0. The van der Waals surface area contributed by atoms with Crippen LogP contribution in [0.4, 0.5) is 0 Å². The molecular weight excluding hydrogens is 480 g/mol. The van der Waals surface area contributed by atoms with Crippen molar-refractivity contribution in [3.63, 3.8) is 0 Å². The summed E-state index contributed by atoms with van der Waals surface area (Å²) in [5.41, 5.74) is 5.13. The van der Waals surface area contributed by atoms with Crippen LogP contribution in [0.5, 0.6) is 0 Å². The molecule has 0 heteroatoms. The van der Waals surface area contributed by atoms with Crippen molar-refractivity contribution in [2.75, 3.05) is 0 Å². The second-order valence-corrected chi connectivity index (χ2v) is 10.8. The first-order valence-electron chi connectivity index (χ1n) is 14.0. The van der Waals surface area contributed by atoms with Gasteiger partial charge in [0.15, 0.2) is 0 Å². The Bertz CT molecular complexity index is 2410. The third-order valence-electron chi connectivity index (χ3n) is 8.77. The Hall–Kier alpha value is -5.20. The summed E-state index contributed by atoms with van der Waals surface area (Å²) in [4.78, 5) is 0. The van der Waals surface area contributed by atoms with E-state index in [2.05, 4.69) is 146 Å². The normalized spacial score (nSPS) is 12.0. The highest BCUT2D eigenvalue weighted by Crippen LogP contribution is 2.49. The predicted molar refractivity (Wildman–Crippen MR) is 174 cm³/mol. The standard InChI is InChI=1S/C40H24/c1-2-11-26(12-3-1)29-22-23-36-38-30(29)16-8-17-32(38)34-18-9-19-35-37(28-21-20-25-10-4-5-13-27(25)24-28)31-14-6-7-15-33(31)40(36)39(34)35/h1-24H. The molecule has 0 fully saturated rings. The van der Waals surface area contributed by atoms with Gasteiger partial charge in [-0.2, -0.15) is 0 Å². The molecule has 0 nitrogen and oxygen atoms in total. The Kier molecular flexibility index (Phi) is 4.42. The summed E-state index contributed by atoms with van der Waals surface area (Å²) >= 11 is 0. The first-order chi connectivity index (χ1) is 19.9. The first kappa shape index (κ1) is 21.7. The van der Waals surface area contributed by atoms with Crippen LogP contribution in [0.3, 0.4) is 0 Å². The molecule has 184 valence electrons. The summed E-state index contributed by atoms with van der Waals surface area (Å²) in [7, 11) is 0. The van der Waals surface area contributed by atoms with Crippen molar-refractivity contribution < 1.29 is 0 Å². The summed E-state index contributed by atoms with van der Waals surface area (Å²) < 4.78 is 0. The largest absolute Gasteiger partial charge is 0.0622 e. The van der Waals surface area contributed by atoms with E-state index in [1.807, 2.05) is 0 Å². The highest BCUT2D eigenvalue weighted by molar-refractivity contribution is 6.41. The van der Waals surface area contributed by atoms with E-state index in [-0.39, 0.29) is 0 Å². The van der Waals surface area contributed by atoms with Crippen LogP contribution in [0.15, 0.2) is 146 Å². The number of rotatable bonds is 2. The van der Waals surface area contributed by atoms with Gasteiger partial charge in [0.2, 0.25) is 0 Å². The molecule has 0 unspecified atom stereocenters. The minimum atomic E-state index is 1.26. The fourth-order valence-electron chi connectivity index (χ4n) is 7.10. The number of fused-ring (bicyclic) bond motifs is 5. The second kappa shape index (κ2) is 8.15. The van der Waals surface area contributed by atoms with Gasteiger partial charge in [-0.05, 0) is 93.0 Å². The van der Waals surface area contributed by atoms with Gasteiger partial charge in [-0.15, -0.1) is 0 Å². The monoisotopic (exact) mass is 504 g/mol. The smallest absolute Gasteiger partial charge is 0.00137 e. The van der Waals surface area contributed by atoms with Crippen molar-refractivity contribution in [3.05, 3.63) is 146 Å². The van der Waals surface area contributed by atoms with Gasteiger partial charge in [0.1, 0.15) is 0 Å². The van der Waals surface area contributed by atoms with E-state index in [9.17, 15) is 0 Å². The predicted octanol–water partition coefficient (Wildman–Crippen LogP) is 11.4. The molecule has 0 saturated heterocycles. The van der Waals surface area contributed by atoms with Crippen LogP contribution < -0.4 is 0 Å². The quantitative estimate of drug-likeness (QED) is 0.162. The Morgan fingerprint density at radius 3 is 1.73 bits per heavy atom. The summed E-state index contributed by atoms with van der Waals surface area (Å²) in [5.74, 6) is 0. The van der Waals surface area contributed by atoms with Crippen molar-refractivity contribution >= 4 is 64.6 Å². The SMILES string of the molecule is c1ccc(-c2ccc3c4c2cccc4c2cccc4c(-c5ccc6ccccc6c5)c5ccccc5c3c42)cc1. The number of hydrogen-bond donors (Lipinski definition) is 0. The van der Waals surface area contributed by atoms with Crippen LogP contribution >= 0.6 is 0 Å². The van der Waals surface area contributed by atoms with Crippen molar-refractivity contribution in [2.24, 2.45) is 0 Å². The third-order valence-corrected chi connectivity index (χ3v) is 8.77. The van der Waals surface area contributed by atoms with Crippen LogP contribution in [0.25, 0.3) is 86.9 Å². The molecule has 0 bridgehead atoms. The summed E-state index contributed by atoms with van der Waals surface area (Å²) in [6.07, 6.45) is 0. The topological polar surface area (TPSA) is 0 Å². The molecule has 0 aliphatic carbocycles. The van der Waals surface area contributed by atoms with E-state index >= 15 is 0 Å². The molecule has 9 aromatic carbocycles. The maximum atomic E-state index is 2.36. The lowest BCUT2D eigenvalue weighted by atomic mass is 9.82. The van der Waals surface area contributed by atoms with Crippen LogP contribution in [-0.4, -0.2) is 0 Å². The third kappa shape index (κ3) is 2.91. The second-order valence-electron chi connectivity index (χ2n) is 10.8. The lowest BCUT2D eigenvalue weighted by molar-refractivity contribution is 1.67. The van der Waals surface area contributed by atoms with Gasteiger partial charge in [-0.1, -0.05) is 140 Å². The Morgan fingerprint density at radius 2 is 0.875 bits per heavy atom.